The third-order valence-corrected chi connectivity index (χ3v) is 3.62. The summed E-state index contributed by atoms with van der Waals surface area (Å²) >= 11 is 5.85. The molecule has 0 N–H and O–H groups in total. The topological polar surface area (TPSA) is 30.7 Å². The van der Waals surface area contributed by atoms with Gasteiger partial charge in [0, 0.05) is 17.4 Å². The van der Waals surface area contributed by atoms with Crippen LogP contribution in [0.15, 0.2) is 42.6 Å². The predicted octanol–water partition coefficient (Wildman–Crippen LogP) is 4.08. The van der Waals surface area contributed by atoms with Crippen LogP contribution in [0.4, 0.5) is 4.39 Å². The molecule has 0 bridgehead atoms. The second kappa shape index (κ2) is 6.23. The average molecular weight is 326 g/mol. The van der Waals surface area contributed by atoms with Gasteiger partial charge in [0.05, 0.1) is 5.69 Å². The van der Waals surface area contributed by atoms with Crippen LogP contribution in [0.25, 0.3) is 5.69 Å². The highest BCUT2D eigenvalue weighted by atomic mass is 35.5. The summed E-state index contributed by atoms with van der Waals surface area (Å²) < 4.78 is 15.0. The summed E-state index contributed by atoms with van der Waals surface area (Å²) in [6.07, 6.45) is 1.61. The van der Waals surface area contributed by atoms with Crippen LogP contribution in [0, 0.1) is 31.5 Å². The van der Waals surface area contributed by atoms with Gasteiger partial charge in [0.1, 0.15) is 22.5 Å². The van der Waals surface area contributed by atoms with Crippen LogP contribution in [0.1, 0.15) is 22.8 Å². The molecule has 0 aliphatic heterocycles. The highest BCUT2D eigenvalue weighted by Crippen LogP contribution is 2.18. The number of aromatic nitrogens is 3. The van der Waals surface area contributed by atoms with Gasteiger partial charge in [-0.3, -0.25) is 4.57 Å². The van der Waals surface area contributed by atoms with Gasteiger partial charge >= 0.3 is 0 Å². The number of halogens is 2. The van der Waals surface area contributed by atoms with E-state index in [2.05, 4.69) is 21.8 Å². The lowest BCUT2D eigenvalue weighted by atomic mass is 10.2. The van der Waals surface area contributed by atoms with E-state index in [4.69, 9.17) is 11.6 Å². The van der Waals surface area contributed by atoms with Crippen molar-refractivity contribution < 1.29 is 4.39 Å². The first-order valence-electron chi connectivity index (χ1n) is 7.00. The number of hydrogen-bond donors (Lipinski definition) is 0. The van der Waals surface area contributed by atoms with E-state index in [9.17, 15) is 4.39 Å². The van der Waals surface area contributed by atoms with E-state index in [1.54, 1.807) is 30.5 Å². The zero-order valence-electron chi connectivity index (χ0n) is 12.6. The van der Waals surface area contributed by atoms with E-state index >= 15 is 0 Å². The van der Waals surface area contributed by atoms with Crippen LogP contribution >= 0.6 is 11.6 Å². The average Bonchev–Trinajstić information content (AvgIpc) is 2.81. The Morgan fingerprint density at radius 2 is 1.83 bits per heavy atom. The maximum atomic E-state index is 13.1. The third kappa shape index (κ3) is 3.25. The molecule has 3 nitrogen and oxygen atoms in total. The van der Waals surface area contributed by atoms with Gasteiger partial charge in [-0.2, -0.15) is 0 Å². The minimum atomic E-state index is -0.265. The van der Waals surface area contributed by atoms with Crippen LogP contribution in [0.3, 0.4) is 0 Å². The summed E-state index contributed by atoms with van der Waals surface area (Å²) in [5.74, 6) is 6.62. The molecular weight excluding hydrogens is 313 g/mol. The molecule has 0 spiro atoms. The van der Waals surface area contributed by atoms with Crippen LogP contribution in [-0.2, 0) is 0 Å². The molecule has 0 atom stereocenters. The van der Waals surface area contributed by atoms with Crippen molar-refractivity contribution in [2.75, 3.05) is 0 Å². The summed E-state index contributed by atoms with van der Waals surface area (Å²) in [6, 6.07) is 9.79. The number of hydrogen-bond acceptors (Lipinski definition) is 2. The standard InChI is InChI=1S/C18H13ClFN3/c1-12-17(8-3-14-9-10-21-18(19)11-14)22-13(2)23(12)16-6-4-15(20)5-7-16/h4-7,9-11H,1-2H3. The minimum Gasteiger partial charge on any atom is -0.300 e. The number of pyridine rings is 1. The quantitative estimate of drug-likeness (QED) is 0.498. The molecule has 0 aliphatic carbocycles. The van der Waals surface area contributed by atoms with Crippen molar-refractivity contribution in [2.45, 2.75) is 13.8 Å². The number of rotatable bonds is 1. The molecule has 0 aliphatic rings. The number of nitrogens with zero attached hydrogens (tertiary/aromatic N) is 3. The fraction of sp³-hybridized carbons (Fsp3) is 0.111. The predicted molar refractivity (Wildman–Crippen MR) is 88.2 cm³/mol. The molecule has 0 fully saturated rings. The summed E-state index contributed by atoms with van der Waals surface area (Å²) in [6.45, 7) is 3.83. The van der Waals surface area contributed by atoms with Gasteiger partial charge in [-0.1, -0.05) is 17.5 Å². The molecule has 0 saturated carbocycles. The Balaban J connectivity index is 2.00. The van der Waals surface area contributed by atoms with E-state index in [-0.39, 0.29) is 5.82 Å². The van der Waals surface area contributed by atoms with Gasteiger partial charge in [0.25, 0.3) is 0 Å². The van der Waals surface area contributed by atoms with E-state index < -0.39 is 0 Å². The van der Waals surface area contributed by atoms with Crippen molar-refractivity contribution in [1.29, 1.82) is 0 Å². The number of imidazole rings is 1. The van der Waals surface area contributed by atoms with Gasteiger partial charge in [-0.15, -0.1) is 0 Å². The normalized spacial score (nSPS) is 10.3. The fourth-order valence-electron chi connectivity index (χ4n) is 2.34. The van der Waals surface area contributed by atoms with Crippen LogP contribution < -0.4 is 0 Å². The SMILES string of the molecule is Cc1nc(C#Cc2ccnc(Cl)c2)c(C)n1-c1ccc(F)cc1. The summed E-state index contributed by atoms with van der Waals surface area (Å²) in [5, 5.41) is 0.404. The van der Waals surface area contributed by atoms with Gasteiger partial charge in [0.2, 0.25) is 0 Å². The zero-order valence-corrected chi connectivity index (χ0v) is 13.4. The summed E-state index contributed by atoms with van der Waals surface area (Å²) in [4.78, 5) is 8.42. The van der Waals surface area contributed by atoms with Crippen molar-refractivity contribution in [3.05, 3.63) is 76.3 Å². The molecule has 23 heavy (non-hydrogen) atoms. The highest BCUT2D eigenvalue weighted by molar-refractivity contribution is 6.29. The first kappa shape index (κ1) is 15.3. The fourth-order valence-corrected chi connectivity index (χ4v) is 2.52. The molecule has 0 radical (unpaired) electrons. The van der Waals surface area contributed by atoms with Gasteiger partial charge in [0.15, 0.2) is 0 Å². The minimum absolute atomic E-state index is 0.265. The Hall–Kier alpha value is -2.64. The van der Waals surface area contributed by atoms with Crippen LogP contribution in [-0.4, -0.2) is 14.5 Å². The molecular formula is C18H13ClFN3. The maximum Gasteiger partial charge on any atom is 0.135 e. The smallest absolute Gasteiger partial charge is 0.135 e. The molecule has 5 heteroatoms. The Kier molecular flexibility index (Phi) is 4.14. The van der Waals surface area contributed by atoms with Crippen molar-refractivity contribution in [2.24, 2.45) is 0 Å². The van der Waals surface area contributed by atoms with E-state index in [1.165, 1.54) is 12.1 Å². The Bertz CT molecular complexity index is 918. The lowest BCUT2D eigenvalue weighted by molar-refractivity contribution is 0.627. The number of aryl methyl sites for hydroxylation is 1. The van der Waals surface area contributed by atoms with Crippen molar-refractivity contribution in [1.82, 2.24) is 14.5 Å². The lowest BCUT2D eigenvalue weighted by Crippen LogP contribution is -1.99. The van der Waals surface area contributed by atoms with E-state index in [1.807, 2.05) is 18.4 Å². The van der Waals surface area contributed by atoms with Gasteiger partial charge < -0.3 is 0 Å². The van der Waals surface area contributed by atoms with Crippen molar-refractivity contribution in [3.8, 4) is 17.5 Å². The zero-order chi connectivity index (χ0) is 16.4. The molecule has 0 amide bonds. The second-order valence-corrected chi connectivity index (χ2v) is 5.41. The summed E-state index contributed by atoms with van der Waals surface area (Å²) in [7, 11) is 0. The van der Waals surface area contributed by atoms with E-state index in [0.29, 0.717) is 10.8 Å². The van der Waals surface area contributed by atoms with Crippen LogP contribution in [0.2, 0.25) is 5.15 Å². The Morgan fingerprint density at radius 3 is 2.52 bits per heavy atom. The first-order chi connectivity index (χ1) is 11.0. The van der Waals surface area contributed by atoms with Crippen LogP contribution in [0.5, 0.6) is 0 Å². The van der Waals surface area contributed by atoms with Crippen molar-refractivity contribution in [3.63, 3.8) is 0 Å². The first-order valence-corrected chi connectivity index (χ1v) is 7.38. The van der Waals surface area contributed by atoms with Gasteiger partial charge in [-0.05, 0) is 56.2 Å². The number of benzene rings is 1. The molecule has 3 aromatic rings. The van der Waals surface area contributed by atoms with Crippen molar-refractivity contribution >= 4 is 11.6 Å². The molecule has 2 heterocycles. The lowest BCUT2D eigenvalue weighted by Gasteiger charge is -2.07. The molecule has 3 rings (SSSR count). The summed E-state index contributed by atoms with van der Waals surface area (Å²) in [5.41, 5.74) is 3.22. The molecule has 2 aromatic heterocycles. The Morgan fingerprint density at radius 1 is 1.09 bits per heavy atom. The highest BCUT2D eigenvalue weighted by Gasteiger charge is 2.10. The molecule has 0 saturated heterocycles. The van der Waals surface area contributed by atoms with Gasteiger partial charge in [-0.25, -0.2) is 14.4 Å². The second-order valence-electron chi connectivity index (χ2n) is 5.02. The molecule has 114 valence electrons. The monoisotopic (exact) mass is 325 g/mol. The van der Waals surface area contributed by atoms with E-state index in [0.717, 1.165) is 22.8 Å². The Labute approximate surface area is 138 Å². The third-order valence-electron chi connectivity index (χ3n) is 3.41. The molecule has 1 aromatic carbocycles. The maximum absolute atomic E-state index is 13.1. The largest absolute Gasteiger partial charge is 0.300 e. The molecule has 0 unspecified atom stereocenters.